The number of aliphatic hydroxyl groups is 1. The molecule has 0 aromatic rings. The first-order valence-electron chi connectivity index (χ1n) is 5.76. The Bertz CT molecular complexity index is 154. The molecule has 1 unspecified atom stereocenters. The van der Waals surface area contributed by atoms with E-state index in [9.17, 15) is 5.11 Å². The lowest BCUT2D eigenvalue weighted by molar-refractivity contribution is 0.143. The van der Waals surface area contributed by atoms with Gasteiger partial charge in [-0.1, -0.05) is 6.92 Å². The van der Waals surface area contributed by atoms with E-state index in [0.717, 1.165) is 12.8 Å². The summed E-state index contributed by atoms with van der Waals surface area (Å²) in [5.41, 5.74) is 0. The molecule has 1 saturated carbocycles. The van der Waals surface area contributed by atoms with E-state index in [1.54, 1.807) is 0 Å². The van der Waals surface area contributed by atoms with E-state index in [-0.39, 0.29) is 6.10 Å². The van der Waals surface area contributed by atoms with Crippen LogP contribution in [0.4, 0.5) is 0 Å². The molecule has 0 aromatic heterocycles. The monoisotopic (exact) mass is 217 g/mol. The van der Waals surface area contributed by atoms with Crippen molar-refractivity contribution in [2.45, 2.75) is 57.7 Å². The molecule has 3 heteroatoms. The zero-order valence-corrected chi connectivity index (χ0v) is 10.1. The molecule has 0 heterocycles. The van der Waals surface area contributed by atoms with Crippen molar-refractivity contribution in [1.29, 1.82) is 0 Å². The van der Waals surface area contributed by atoms with Gasteiger partial charge in [-0.2, -0.15) is 11.8 Å². The van der Waals surface area contributed by atoms with Crippen molar-refractivity contribution in [3.05, 3.63) is 0 Å². The van der Waals surface area contributed by atoms with Gasteiger partial charge in [-0.3, -0.25) is 0 Å². The van der Waals surface area contributed by atoms with E-state index in [2.05, 4.69) is 19.2 Å². The molecule has 2 nitrogen and oxygen atoms in total. The maximum absolute atomic E-state index is 9.64. The Morgan fingerprint density at radius 3 is 2.86 bits per heavy atom. The fourth-order valence-electron chi connectivity index (χ4n) is 1.99. The molecular weight excluding hydrogens is 194 g/mol. The van der Waals surface area contributed by atoms with Crippen LogP contribution in [0.3, 0.4) is 0 Å². The van der Waals surface area contributed by atoms with Crippen molar-refractivity contribution in [3.8, 4) is 0 Å². The van der Waals surface area contributed by atoms with Crippen LogP contribution in [0.1, 0.15) is 39.5 Å². The summed E-state index contributed by atoms with van der Waals surface area (Å²) in [6.45, 7) is 4.42. The molecule has 1 aliphatic rings. The van der Waals surface area contributed by atoms with Crippen molar-refractivity contribution in [3.63, 3.8) is 0 Å². The van der Waals surface area contributed by atoms with Crippen LogP contribution in [0, 0.1) is 0 Å². The Balaban J connectivity index is 2.09. The van der Waals surface area contributed by atoms with Crippen molar-refractivity contribution in [1.82, 2.24) is 5.32 Å². The highest BCUT2D eigenvalue weighted by molar-refractivity contribution is 7.99. The van der Waals surface area contributed by atoms with E-state index in [1.807, 2.05) is 11.8 Å². The van der Waals surface area contributed by atoms with Gasteiger partial charge in [-0.15, -0.1) is 0 Å². The Morgan fingerprint density at radius 2 is 2.29 bits per heavy atom. The smallest absolute Gasteiger partial charge is 0.0693 e. The molecule has 1 rings (SSSR count). The summed E-state index contributed by atoms with van der Waals surface area (Å²) in [4.78, 5) is 0. The topological polar surface area (TPSA) is 32.3 Å². The summed E-state index contributed by atoms with van der Waals surface area (Å²) in [7, 11) is 0. The predicted molar refractivity (Wildman–Crippen MR) is 63.9 cm³/mol. The fraction of sp³-hybridized carbons (Fsp3) is 1.00. The lowest BCUT2D eigenvalue weighted by atomic mass is 10.1. The summed E-state index contributed by atoms with van der Waals surface area (Å²) in [5, 5.41) is 13.2. The first kappa shape index (κ1) is 12.3. The number of hydrogen-bond donors (Lipinski definition) is 2. The number of thioether (sulfide) groups is 1. The predicted octanol–water partition coefficient (Wildman–Crippen LogP) is 2.02. The van der Waals surface area contributed by atoms with Crippen LogP contribution >= 0.6 is 11.8 Å². The molecule has 0 spiro atoms. The molecule has 0 amide bonds. The number of nitrogens with one attached hydrogen (secondary N) is 1. The minimum absolute atomic E-state index is 0.101. The molecule has 0 radical (unpaired) electrons. The first-order valence-corrected chi connectivity index (χ1v) is 6.91. The van der Waals surface area contributed by atoms with Gasteiger partial charge < -0.3 is 10.4 Å². The Morgan fingerprint density at radius 1 is 1.50 bits per heavy atom. The van der Waals surface area contributed by atoms with Crippen LogP contribution in [0.2, 0.25) is 0 Å². The van der Waals surface area contributed by atoms with Crippen molar-refractivity contribution < 1.29 is 5.11 Å². The van der Waals surface area contributed by atoms with E-state index >= 15 is 0 Å². The van der Waals surface area contributed by atoms with Crippen LogP contribution < -0.4 is 5.32 Å². The van der Waals surface area contributed by atoms with Crippen LogP contribution in [0.5, 0.6) is 0 Å². The van der Waals surface area contributed by atoms with Gasteiger partial charge in [0.05, 0.1) is 6.10 Å². The van der Waals surface area contributed by atoms with Crippen LogP contribution in [-0.4, -0.2) is 34.8 Å². The molecule has 0 bridgehead atoms. The highest BCUT2D eigenvalue weighted by atomic mass is 32.2. The van der Waals surface area contributed by atoms with Crippen molar-refractivity contribution >= 4 is 11.8 Å². The summed E-state index contributed by atoms with van der Waals surface area (Å²) >= 11 is 1.99. The van der Waals surface area contributed by atoms with E-state index < -0.39 is 0 Å². The molecule has 0 aromatic carbocycles. The third kappa shape index (κ3) is 4.20. The molecule has 0 saturated heterocycles. The molecular formula is C11H23NOS. The lowest BCUT2D eigenvalue weighted by Crippen LogP contribution is -2.41. The molecule has 84 valence electrons. The lowest BCUT2D eigenvalue weighted by Gasteiger charge is -2.21. The molecule has 0 aliphatic heterocycles. The quantitative estimate of drug-likeness (QED) is 0.668. The van der Waals surface area contributed by atoms with Gasteiger partial charge in [0.1, 0.15) is 0 Å². The maximum atomic E-state index is 9.64. The minimum atomic E-state index is -0.101. The van der Waals surface area contributed by atoms with E-state index in [1.165, 1.54) is 24.3 Å². The zero-order chi connectivity index (χ0) is 10.4. The SMILES string of the molecule is CCSCCC(C)N[C@@H]1CCC[C@H]1O. The average Bonchev–Trinajstić information content (AvgIpc) is 2.52. The van der Waals surface area contributed by atoms with Crippen molar-refractivity contribution in [2.75, 3.05) is 11.5 Å². The summed E-state index contributed by atoms with van der Waals surface area (Å²) < 4.78 is 0. The molecule has 1 fully saturated rings. The highest BCUT2D eigenvalue weighted by Crippen LogP contribution is 2.19. The van der Waals surface area contributed by atoms with Crippen LogP contribution in [0.15, 0.2) is 0 Å². The van der Waals surface area contributed by atoms with Gasteiger partial charge in [-0.05, 0) is 44.1 Å². The van der Waals surface area contributed by atoms with Crippen LogP contribution in [-0.2, 0) is 0 Å². The van der Waals surface area contributed by atoms with Gasteiger partial charge in [0.2, 0.25) is 0 Å². The zero-order valence-electron chi connectivity index (χ0n) is 9.33. The minimum Gasteiger partial charge on any atom is -0.392 e. The summed E-state index contributed by atoms with van der Waals surface area (Å²) in [6, 6.07) is 0.906. The standard InChI is InChI=1S/C11H23NOS/c1-3-14-8-7-9(2)12-10-5-4-6-11(10)13/h9-13H,3-8H2,1-2H3/t9?,10-,11-/m1/s1. The number of hydrogen-bond acceptors (Lipinski definition) is 3. The van der Waals surface area contributed by atoms with Gasteiger partial charge in [0.15, 0.2) is 0 Å². The second-order valence-corrected chi connectivity index (χ2v) is 5.55. The highest BCUT2D eigenvalue weighted by Gasteiger charge is 2.25. The van der Waals surface area contributed by atoms with Crippen LogP contribution in [0.25, 0.3) is 0 Å². The number of aliphatic hydroxyl groups excluding tert-OH is 1. The van der Waals surface area contributed by atoms with Gasteiger partial charge in [-0.25, -0.2) is 0 Å². The van der Waals surface area contributed by atoms with E-state index in [4.69, 9.17) is 0 Å². The largest absolute Gasteiger partial charge is 0.392 e. The number of rotatable bonds is 6. The fourth-order valence-corrected chi connectivity index (χ4v) is 2.80. The van der Waals surface area contributed by atoms with Crippen molar-refractivity contribution in [2.24, 2.45) is 0 Å². The maximum Gasteiger partial charge on any atom is 0.0693 e. The third-order valence-corrected chi connectivity index (χ3v) is 3.81. The molecule has 14 heavy (non-hydrogen) atoms. The second kappa shape index (κ2) is 6.70. The van der Waals surface area contributed by atoms with E-state index in [0.29, 0.717) is 12.1 Å². The summed E-state index contributed by atoms with van der Waals surface area (Å²) in [5.74, 6) is 2.44. The average molecular weight is 217 g/mol. The first-order chi connectivity index (χ1) is 6.74. The third-order valence-electron chi connectivity index (χ3n) is 2.88. The molecule has 2 N–H and O–H groups in total. The van der Waals surface area contributed by atoms with Gasteiger partial charge in [0.25, 0.3) is 0 Å². The summed E-state index contributed by atoms with van der Waals surface area (Å²) in [6.07, 6.45) is 4.41. The van der Waals surface area contributed by atoms with Gasteiger partial charge >= 0.3 is 0 Å². The molecule has 1 aliphatic carbocycles. The van der Waals surface area contributed by atoms with Gasteiger partial charge in [0, 0.05) is 12.1 Å². The Hall–Kier alpha value is 0.270. The normalized spacial score (nSPS) is 29.4. The second-order valence-electron chi connectivity index (χ2n) is 4.16. The molecule has 3 atom stereocenters. The Labute approximate surface area is 91.9 Å². The Kier molecular flexibility index (Phi) is 5.90.